The SMILES string of the molecule is COc1ccc(C(N)c2cc(Cl)cc(Cl)c2)cc1. The Labute approximate surface area is 116 Å². The van der Waals surface area contributed by atoms with Crippen molar-refractivity contribution in [3.05, 3.63) is 63.6 Å². The molecule has 0 heterocycles. The molecule has 18 heavy (non-hydrogen) atoms. The van der Waals surface area contributed by atoms with Crippen LogP contribution in [-0.4, -0.2) is 7.11 Å². The van der Waals surface area contributed by atoms with Crippen molar-refractivity contribution in [2.45, 2.75) is 6.04 Å². The molecule has 0 aliphatic rings. The van der Waals surface area contributed by atoms with E-state index in [0.29, 0.717) is 10.0 Å². The first-order valence-electron chi connectivity index (χ1n) is 5.45. The Morgan fingerprint density at radius 3 is 2.00 bits per heavy atom. The molecule has 0 bridgehead atoms. The topological polar surface area (TPSA) is 35.2 Å². The van der Waals surface area contributed by atoms with Gasteiger partial charge in [0.2, 0.25) is 0 Å². The van der Waals surface area contributed by atoms with Crippen LogP contribution < -0.4 is 10.5 Å². The van der Waals surface area contributed by atoms with Gasteiger partial charge >= 0.3 is 0 Å². The van der Waals surface area contributed by atoms with Gasteiger partial charge in [-0.1, -0.05) is 35.3 Å². The molecule has 2 nitrogen and oxygen atoms in total. The summed E-state index contributed by atoms with van der Waals surface area (Å²) in [5.41, 5.74) is 8.05. The van der Waals surface area contributed by atoms with Crippen molar-refractivity contribution in [2.75, 3.05) is 7.11 Å². The monoisotopic (exact) mass is 281 g/mol. The van der Waals surface area contributed by atoms with Crippen LogP contribution in [-0.2, 0) is 0 Å². The van der Waals surface area contributed by atoms with E-state index in [2.05, 4.69) is 0 Å². The molecule has 1 atom stereocenters. The Balaban J connectivity index is 2.31. The van der Waals surface area contributed by atoms with Crippen molar-refractivity contribution in [3.8, 4) is 5.75 Å². The molecule has 94 valence electrons. The summed E-state index contributed by atoms with van der Waals surface area (Å²) in [7, 11) is 1.63. The molecular weight excluding hydrogens is 269 g/mol. The third kappa shape index (κ3) is 2.96. The lowest BCUT2D eigenvalue weighted by Gasteiger charge is -2.14. The lowest BCUT2D eigenvalue weighted by atomic mass is 10.00. The predicted octanol–water partition coefficient (Wildman–Crippen LogP) is 4.05. The molecule has 0 amide bonds. The molecule has 0 aromatic heterocycles. The minimum Gasteiger partial charge on any atom is -0.497 e. The molecule has 2 N–H and O–H groups in total. The van der Waals surface area contributed by atoms with Gasteiger partial charge in [0, 0.05) is 10.0 Å². The first kappa shape index (κ1) is 13.2. The maximum atomic E-state index is 6.19. The van der Waals surface area contributed by atoms with Gasteiger partial charge in [-0.3, -0.25) is 0 Å². The molecular formula is C14H13Cl2NO. The van der Waals surface area contributed by atoms with Gasteiger partial charge in [0.25, 0.3) is 0 Å². The summed E-state index contributed by atoms with van der Waals surface area (Å²) in [6.07, 6.45) is 0. The van der Waals surface area contributed by atoms with Crippen LogP contribution >= 0.6 is 23.2 Å². The minimum absolute atomic E-state index is 0.257. The largest absolute Gasteiger partial charge is 0.497 e. The fourth-order valence-electron chi connectivity index (χ4n) is 1.76. The molecule has 0 saturated heterocycles. The zero-order valence-electron chi connectivity index (χ0n) is 9.86. The Kier molecular flexibility index (Phi) is 4.12. The van der Waals surface area contributed by atoms with E-state index in [4.69, 9.17) is 33.7 Å². The van der Waals surface area contributed by atoms with Crippen molar-refractivity contribution >= 4 is 23.2 Å². The minimum atomic E-state index is -0.257. The van der Waals surface area contributed by atoms with E-state index in [1.54, 1.807) is 13.2 Å². The molecule has 4 heteroatoms. The zero-order valence-corrected chi connectivity index (χ0v) is 11.4. The van der Waals surface area contributed by atoms with Crippen LogP contribution in [0.1, 0.15) is 17.2 Å². The predicted molar refractivity (Wildman–Crippen MR) is 75.5 cm³/mol. The quantitative estimate of drug-likeness (QED) is 0.921. The van der Waals surface area contributed by atoms with Crippen LogP contribution in [0.25, 0.3) is 0 Å². The van der Waals surface area contributed by atoms with Gasteiger partial charge < -0.3 is 10.5 Å². The highest BCUT2D eigenvalue weighted by atomic mass is 35.5. The van der Waals surface area contributed by atoms with Crippen molar-refractivity contribution in [1.82, 2.24) is 0 Å². The fourth-order valence-corrected chi connectivity index (χ4v) is 2.30. The molecule has 0 spiro atoms. The van der Waals surface area contributed by atoms with Crippen LogP contribution in [0.3, 0.4) is 0 Å². The van der Waals surface area contributed by atoms with Gasteiger partial charge in [-0.2, -0.15) is 0 Å². The summed E-state index contributed by atoms with van der Waals surface area (Å²) in [6, 6.07) is 12.7. The number of nitrogens with two attached hydrogens (primary N) is 1. The van der Waals surface area contributed by atoms with Crippen molar-refractivity contribution < 1.29 is 4.74 Å². The number of benzene rings is 2. The highest BCUT2D eigenvalue weighted by Gasteiger charge is 2.10. The summed E-state index contributed by atoms with van der Waals surface area (Å²) in [5, 5.41) is 1.17. The first-order chi connectivity index (χ1) is 8.60. The summed E-state index contributed by atoms with van der Waals surface area (Å²) >= 11 is 11.9. The molecule has 0 radical (unpaired) electrons. The van der Waals surface area contributed by atoms with Gasteiger partial charge in [-0.15, -0.1) is 0 Å². The van der Waals surface area contributed by atoms with Gasteiger partial charge in [-0.25, -0.2) is 0 Å². The van der Waals surface area contributed by atoms with E-state index >= 15 is 0 Å². The third-order valence-electron chi connectivity index (χ3n) is 2.72. The average molecular weight is 282 g/mol. The average Bonchev–Trinajstić information content (AvgIpc) is 2.37. The zero-order chi connectivity index (χ0) is 13.1. The Morgan fingerprint density at radius 2 is 1.50 bits per heavy atom. The molecule has 2 rings (SSSR count). The highest BCUT2D eigenvalue weighted by molar-refractivity contribution is 6.34. The maximum absolute atomic E-state index is 6.19. The van der Waals surface area contributed by atoms with Crippen LogP contribution in [0, 0.1) is 0 Å². The third-order valence-corrected chi connectivity index (χ3v) is 3.16. The first-order valence-corrected chi connectivity index (χ1v) is 6.21. The smallest absolute Gasteiger partial charge is 0.118 e. The molecule has 1 unspecified atom stereocenters. The lowest BCUT2D eigenvalue weighted by Crippen LogP contribution is -2.11. The standard InChI is InChI=1S/C14H13Cl2NO/c1-18-13-4-2-9(3-5-13)14(17)10-6-11(15)8-12(16)7-10/h2-8,14H,17H2,1H3. The van der Waals surface area contributed by atoms with Crippen molar-refractivity contribution in [2.24, 2.45) is 5.73 Å². The van der Waals surface area contributed by atoms with Gasteiger partial charge in [0.15, 0.2) is 0 Å². The van der Waals surface area contributed by atoms with E-state index < -0.39 is 0 Å². The number of methoxy groups -OCH3 is 1. The summed E-state index contributed by atoms with van der Waals surface area (Å²) in [6.45, 7) is 0. The Bertz CT molecular complexity index is 520. The van der Waals surface area contributed by atoms with E-state index in [1.165, 1.54) is 0 Å². The van der Waals surface area contributed by atoms with Crippen LogP contribution in [0.4, 0.5) is 0 Å². The van der Waals surface area contributed by atoms with Crippen molar-refractivity contribution in [3.63, 3.8) is 0 Å². The van der Waals surface area contributed by atoms with Gasteiger partial charge in [0.1, 0.15) is 5.75 Å². The van der Waals surface area contributed by atoms with Crippen LogP contribution in [0.2, 0.25) is 10.0 Å². The maximum Gasteiger partial charge on any atom is 0.118 e. The van der Waals surface area contributed by atoms with E-state index in [0.717, 1.165) is 16.9 Å². The highest BCUT2D eigenvalue weighted by Crippen LogP contribution is 2.27. The second kappa shape index (κ2) is 5.61. The number of rotatable bonds is 3. The van der Waals surface area contributed by atoms with Crippen molar-refractivity contribution in [1.29, 1.82) is 0 Å². The fraction of sp³-hybridized carbons (Fsp3) is 0.143. The molecule has 0 saturated carbocycles. The normalized spacial score (nSPS) is 12.2. The van der Waals surface area contributed by atoms with E-state index in [9.17, 15) is 0 Å². The number of ether oxygens (including phenoxy) is 1. The van der Waals surface area contributed by atoms with E-state index in [-0.39, 0.29) is 6.04 Å². The number of hydrogen-bond donors (Lipinski definition) is 1. The molecule has 0 aliphatic heterocycles. The van der Waals surface area contributed by atoms with Crippen LogP contribution in [0.5, 0.6) is 5.75 Å². The molecule has 2 aromatic carbocycles. The van der Waals surface area contributed by atoms with E-state index in [1.807, 2.05) is 36.4 Å². The molecule has 0 fully saturated rings. The van der Waals surface area contributed by atoms with Gasteiger partial charge in [-0.05, 0) is 41.5 Å². The van der Waals surface area contributed by atoms with Crippen LogP contribution in [0.15, 0.2) is 42.5 Å². The summed E-state index contributed by atoms with van der Waals surface area (Å²) in [4.78, 5) is 0. The molecule has 0 aliphatic carbocycles. The second-order valence-electron chi connectivity index (χ2n) is 3.95. The Hall–Kier alpha value is -1.22. The number of hydrogen-bond acceptors (Lipinski definition) is 2. The number of halogens is 2. The lowest BCUT2D eigenvalue weighted by molar-refractivity contribution is 0.414. The molecule has 2 aromatic rings. The van der Waals surface area contributed by atoms with Gasteiger partial charge in [0.05, 0.1) is 13.2 Å². The Morgan fingerprint density at radius 1 is 0.944 bits per heavy atom. The summed E-state index contributed by atoms with van der Waals surface area (Å²) < 4.78 is 5.11. The summed E-state index contributed by atoms with van der Waals surface area (Å²) in [5.74, 6) is 0.801. The second-order valence-corrected chi connectivity index (χ2v) is 4.83.